The van der Waals surface area contributed by atoms with Crippen LogP contribution in [0.15, 0.2) is 18.2 Å². The maximum atomic E-state index is 13.7. The number of ether oxygens (including phenoxy) is 3. The molecule has 6 heteroatoms. The Morgan fingerprint density at radius 3 is 2.82 bits per heavy atom. The highest BCUT2D eigenvalue weighted by Gasteiger charge is 2.49. The number of carbonyl (C=O) groups is 1. The van der Waals surface area contributed by atoms with Gasteiger partial charge >= 0.3 is 0 Å². The van der Waals surface area contributed by atoms with E-state index in [2.05, 4.69) is 0 Å². The van der Waals surface area contributed by atoms with Crippen molar-refractivity contribution < 1.29 is 23.4 Å². The molecule has 22 heavy (non-hydrogen) atoms. The lowest BCUT2D eigenvalue weighted by molar-refractivity contribution is -0.181. The molecule has 0 unspecified atom stereocenters. The standard InChI is InChI=1S/C16H20FNO4/c1-20-12-5-6-22-16(8-12)9-18(10-16)15(19)11-3-4-14(21-2)13(17)7-11/h3-4,7,12H,5-6,8-10H2,1-2H3/t12-/m1/s1. The lowest BCUT2D eigenvalue weighted by Crippen LogP contribution is -2.67. The molecule has 0 aromatic heterocycles. The Kier molecular flexibility index (Phi) is 4.06. The van der Waals surface area contributed by atoms with Gasteiger partial charge in [0.15, 0.2) is 11.6 Å². The van der Waals surface area contributed by atoms with Gasteiger partial charge in [0.2, 0.25) is 0 Å². The van der Waals surface area contributed by atoms with Crippen LogP contribution in [0, 0.1) is 5.82 Å². The second kappa shape index (κ2) is 5.85. The molecule has 0 aliphatic carbocycles. The highest BCUT2D eigenvalue weighted by Crippen LogP contribution is 2.36. The van der Waals surface area contributed by atoms with E-state index in [0.29, 0.717) is 25.3 Å². The monoisotopic (exact) mass is 309 g/mol. The first-order valence-electron chi connectivity index (χ1n) is 7.36. The molecule has 2 aliphatic rings. The van der Waals surface area contributed by atoms with E-state index in [1.807, 2.05) is 0 Å². The molecule has 1 amide bonds. The van der Waals surface area contributed by atoms with Crippen LogP contribution in [0.2, 0.25) is 0 Å². The van der Waals surface area contributed by atoms with Crippen LogP contribution in [-0.2, 0) is 9.47 Å². The van der Waals surface area contributed by atoms with Crippen molar-refractivity contribution in [2.75, 3.05) is 33.9 Å². The van der Waals surface area contributed by atoms with Crippen LogP contribution in [0.5, 0.6) is 5.75 Å². The van der Waals surface area contributed by atoms with Crippen molar-refractivity contribution in [1.82, 2.24) is 4.90 Å². The first kappa shape index (κ1) is 15.2. The SMILES string of the molecule is COc1ccc(C(=O)N2CC3(C[C@H](OC)CCO3)C2)cc1F. The van der Waals surface area contributed by atoms with E-state index >= 15 is 0 Å². The molecule has 0 bridgehead atoms. The fourth-order valence-corrected chi connectivity index (χ4v) is 3.18. The molecule has 1 atom stereocenters. The quantitative estimate of drug-likeness (QED) is 0.855. The van der Waals surface area contributed by atoms with Gasteiger partial charge in [-0.25, -0.2) is 4.39 Å². The first-order chi connectivity index (χ1) is 10.6. The van der Waals surface area contributed by atoms with E-state index in [-0.39, 0.29) is 23.4 Å². The summed E-state index contributed by atoms with van der Waals surface area (Å²) >= 11 is 0. The summed E-state index contributed by atoms with van der Waals surface area (Å²) in [7, 11) is 3.09. The van der Waals surface area contributed by atoms with Crippen molar-refractivity contribution in [2.24, 2.45) is 0 Å². The van der Waals surface area contributed by atoms with Crippen LogP contribution in [0.4, 0.5) is 4.39 Å². The largest absolute Gasteiger partial charge is 0.494 e. The summed E-state index contributed by atoms with van der Waals surface area (Å²) in [5, 5.41) is 0. The number of carbonyl (C=O) groups excluding carboxylic acids is 1. The van der Waals surface area contributed by atoms with E-state index < -0.39 is 5.82 Å². The number of hydrogen-bond donors (Lipinski definition) is 0. The lowest BCUT2D eigenvalue weighted by Gasteiger charge is -2.52. The maximum Gasteiger partial charge on any atom is 0.254 e. The molecule has 0 radical (unpaired) electrons. The molecule has 2 aliphatic heterocycles. The molecule has 1 spiro atoms. The summed E-state index contributed by atoms with van der Waals surface area (Å²) in [4.78, 5) is 14.1. The van der Waals surface area contributed by atoms with E-state index in [0.717, 1.165) is 12.8 Å². The Morgan fingerprint density at radius 1 is 1.41 bits per heavy atom. The molecule has 120 valence electrons. The second-order valence-electron chi connectivity index (χ2n) is 5.89. The Labute approximate surface area is 128 Å². The van der Waals surface area contributed by atoms with Crippen LogP contribution in [0.3, 0.4) is 0 Å². The van der Waals surface area contributed by atoms with Crippen molar-refractivity contribution in [3.8, 4) is 5.75 Å². The van der Waals surface area contributed by atoms with Crippen molar-refractivity contribution in [3.05, 3.63) is 29.6 Å². The molecule has 3 rings (SSSR count). The molecular weight excluding hydrogens is 289 g/mol. The third-order valence-corrected chi connectivity index (χ3v) is 4.43. The third-order valence-electron chi connectivity index (χ3n) is 4.43. The van der Waals surface area contributed by atoms with Gasteiger partial charge in [0, 0.05) is 25.7 Å². The number of nitrogens with zero attached hydrogens (tertiary/aromatic N) is 1. The van der Waals surface area contributed by atoms with Crippen LogP contribution >= 0.6 is 0 Å². The summed E-state index contributed by atoms with van der Waals surface area (Å²) in [5.74, 6) is -0.581. The topological polar surface area (TPSA) is 48.0 Å². The minimum Gasteiger partial charge on any atom is -0.494 e. The van der Waals surface area contributed by atoms with Crippen LogP contribution in [0.25, 0.3) is 0 Å². The summed E-state index contributed by atoms with van der Waals surface area (Å²) in [5.41, 5.74) is 0.0341. The van der Waals surface area contributed by atoms with Crippen LogP contribution < -0.4 is 4.74 Å². The van der Waals surface area contributed by atoms with Gasteiger partial charge in [-0.15, -0.1) is 0 Å². The van der Waals surface area contributed by atoms with Gasteiger partial charge in [0.05, 0.1) is 26.3 Å². The number of hydrogen-bond acceptors (Lipinski definition) is 4. The smallest absolute Gasteiger partial charge is 0.254 e. The van der Waals surface area contributed by atoms with Crippen molar-refractivity contribution in [1.29, 1.82) is 0 Å². The average molecular weight is 309 g/mol. The highest BCUT2D eigenvalue weighted by atomic mass is 19.1. The molecule has 0 saturated carbocycles. The van der Waals surface area contributed by atoms with Crippen molar-refractivity contribution in [3.63, 3.8) is 0 Å². The second-order valence-corrected chi connectivity index (χ2v) is 5.89. The summed E-state index contributed by atoms with van der Waals surface area (Å²) < 4.78 is 29.8. The van der Waals surface area contributed by atoms with Gasteiger partial charge in [-0.1, -0.05) is 0 Å². The zero-order chi connectivity index (χ0) is 15.7. The summed E-state index contributed by atoms with van der Waals surface area (Å²) in [6, 6.07) is 4.26. The molecule has 0 N–H and O–H groups in total. The molecular formula is C16H20FNO4. The van der Waals surface area contributed by atoms with E-state index in [1.54, 1.807) is 18.1 Å². The zero-order valence-electron chi connectivity index (χ0n) is 12.8. The van der Waals surface area contributed by atoms with Gasteiger partial charge in [0.1, 0.15) is 5.60 Å². The van der Waals surface area contributed by atoms with E-state index in [9.17, 15) is 9.18 Å². The van der Waals surface area contributed by atoms with Crippen molar-refractivity contribution >= 4 is 5.91 Å². The molecule has 5 nitrogen and oxygen atoms in total. The zero-order valence-corrected chi connectivity index (χ0v) is 12.8. The Morgan fingerprint density at radius 2 is 2.18 bits per heavy atom. The van der Waals surface area contributed by atoms with Crippen LogP contribution in [-0.4, -0.2) is 56.4 Å². The Hall–Kier alpha value is -1.66. The van der Waals surface area contributed by atoms with Gasteiger partial charge in [-0.3, -0.25) is 4.79 Å². The molecule has 2 fully saturated rings. The number of halogens is 1. The molecule has 1 aromatic rings. The van der Waals surface area contributed by atoms with Gasteiger partial charge in [-0.05, 0) is 24.6 Å². The van der Waals surface area contributed by atoms with Gasteiger partial charge < -0.3 is 19.1 Å². The van der Waals surface area contributed by atoms with Gasteiger partial charge in [-0.2, -0.15) is 0 Å². The number of benzene rings is 1. The van der Waals surface area contributed by atoms with Gasteiger partial charge in [0.25, 0.3) is 5.91 Å². The molecule has 1 aromatic carbocycles. The number of amides is 1. The van der Waals surface area contributed by atoms with E-state index in [1.165, 1.54) is 19.2 Å². The first-order valence-corrected chi connectivity index (χ1v) is 7.36. The summed E-state index contributed by atoms with van der Waals surface area (Å²) in [6.07, 6.45) is 1.87. The van der Waals surface area contributed by atoms with Crippen LogP contribution in [0.1, 0.15) is 23.2 Å². The average Bonchev–Trinajstić information content (AvgIpc) is 2.51. The normalized spacial score (nSPS) is 23.2. The Balaban J connectivity index is 1.65. The number of likely N-dealkylation sites (tertiary alicyclic amines) is 1. The fraction of sp³-hybridized carbons (Fsp3) is 0.562. The minimum atomic E-state index is -0.531. The summed E-state index contributed by atoms with van der Waals surface area (Å²) in [6.45, 7) is 1.70. The highest BCUT2D eigenvalue weighted by molar-refractivity contribution is 5.95. The number of methoxy groups -OCH3 is 2. The number of rotatable bonds is 3. The molecule has 2 saturated heterocycles. The predicted molar refractivity (Wildman–Crippen MR) is 77.6 cm³/mol. The lowest BCUT2D eigenvalue weighted by atomic mass is 9.84. The third kappa shape index (κ3) is 2.68. The fourth-order valence-electron chi connectivity index (χ4n) is 3.18. The molecule has 2 heterocycles. The predicted octanol–water partition coefficient (Wildman–Crippen LogP) is 1.85. The van der Waals surface area contributed by atoms with Crippen molar-refractivity contribution in [2.45, 2.75) is 24.5 Å². The Bertz CT molecular complexity index is 571. The maximum absolute atomic E-state index is 13.7. The minimum absolute atomic E-state index is 0.134. The van der Waals surface area contributed by atoms with E-state index in [4.69, 9.17) is 14.2 Å².